The van der Waals surface area contributed by atoms with Gasteiger partial charge < -0.3 is 10.2 Å². The Hall–Kier alpha value is -0.980. The summed E-state index contributed by atoms with van der Waals surface area (Å²) in [4.78, 5) is 0. The predicted octanol–water partition coefficient (Wildman–Crippen LogP) is 2.58. The van der Waals surface area contributed by atoms with Gasteiger partial charge in [-0.2, -0.15) is 5.10 Å². The van der Waals surface area contributed by atoms with Crippen molar-refractivity contribution >= 4 is 28.4 Å². The van der Waals surface area contributed by atoms with E-state index in [9.17, 15) is 0 Å². The molecule has 0 aromatic carbocycles. The molecule has 2 aromatic rings. The van der Waals surface area contributed by atoms with E-state index >= 15 is 0 Å². The predicted molar refractivity (Wildman–Crippen MR) is 66.6 cm³/mol. The third kappa shape index (κ3) is 1.75. The van der Waals surface area contributed by atoms with Crippen LogP contribution in [0.25, 0.3) is 0 Å². The second-order valence-electron chi connectivity index (χ2n) is 3.42. The summed E-state index contributed by atoms with van der Waals surface area (Å²) >= 11 is 2.20. The van der Waals surface area contributed by atoms with E-state index in [1.165, 1.54) is 0 Å². The molecule has 0 aliphatic carbocycles. The second-order valence-corrected chi connectivity index (χ2v) is 4.50. The Morgan fingerprint density at radius 3 is 2.80 bits per heavy atom. The Kier molecular flexibility index (Phi) is 2.72. The largest absolute Gasteiger partial charge is 0.467 e. The summed E-state index contributed by atoms with van der Waals surface area (Å²) in [6.07, 6.45) is 1.66. The first-order valence-electron chi connectivity index (χ1n) is 4.64. The van der Waals surface area contributed by atoms with Crippen molar-refractivity contribution in [2.45, 2.75) is 19.9 Å². The first kappa shape index (κ1) is 10.5. The monoisotopic (exact) mass is 317 g/mol. The van der Waals surface area contributed by atoms with Crippen LogP contribution in [0.5, 0.6) is 0 Å². The van der Waals surface area contributed by atoms with Gasteiger partial charge in [-0.3, -0.25) is 0 Å². The summed E-state index contributed by atoms with van der Waals surface area (Å²) in [6.45, 7) is 3.96. The molecule has 1 unspecified atom stereocenters. The number of aromatic nitrogens is 2. The molecule has 2 N–H and O–H groups in total. The van der Waals surface area contributed by atoms with E-state index < -0.39 is 0 Å². The maximum absolute atomic E-state index is 5.96. The fraction of sp³-hybridized carbons (Fsp3) is 0.300. The van der Waals surface area contributed by atoms with E-state index in [0.29, 0.717) is 5.82 Å². The van der Waals surface area contributed by atoms with E-state index in [0.717, 1.165) is 15.0 Å². The molecule has 2 heterocycles. The molecule has 0 fully saturated rings. The standard InChI is InChI=1S/C10H12IN3O/c1-6-9(11)10(12)14(13-6)7(2)8-4-3-5-15-8/h3-5,7H,12H2,1-2H3. The van der Waals surface area contributed by atoms with Gasteiger partial charge in [0.05, 0.1) is 15.5 Å². The lowest BCUT2D eigenvalue weighted by Crippen LogP contribution is -2.11. The van der Waals surface area contributed by atoms with Crippen molar-refractivity contribution in [3.05, 3.63) is 33.4 Å². The van der Waals surface area contributed by atoms with E-state index in [4.69, 9.17) is 10.2 Å². The highest BCUT2D eigenvalue weighted by Gasteiger charge is 2.17. The molecule has 2 aromatic heterocycles. The van der Waals surface area contributed by atoms with E-state index in [1.54, 1.807) is 10.9 Å². The van der Waals surface area contributed by atoms with Crippen LogP contribution in [0, 0.1) is 10.5 Å². The second kappa shape index (κ2) is 3.88. The first-order valence-corrected chi connectivity index (χ1v) is 5.72. The van der Waals surface area contributed by atoms with Crippen molar-refractivity contribution in [3.8, 4) is 0 Å². The maximum Gasteiger partial charge on any atom is 0.136 e. The van der Waals surface area contributed by atoms with Gasteiger partial charge in [0.2, 0.25) is 0 Å². The van der Waals surface area contributed by atoms with E-state index in [1.807, 2.05) is 26.0 Å². The summed E-state index contributed by atoms with van der Waals surface area (Å²) in [5.74, 6) is 1.55. The molecule has 0 radical (unpaired) electrons. The zero-order valence-electron chi connectivity index (χ0n) is 8.57. The zero-order chi connectivity index (χ0) is 11.0. The number of rotatable bonds is 2. The molecular formula is C10H12IN3O. The third-order valence-electron chi connectivity index (χ3n) is 2.37. The van der Waals surface area contributed by atoms with Crippen molar-refractivity contribution in [3.63, 3.8) is 0 Å². The highest BCUT2D eigenvalue weighted by molar-refractivity contribution is 14.1. The fourth-order valence-corrected chi connectivity index (χ4v) is 1.85. The van der Waals surface area contributed by atoms with Crippen molar-refractivity contribution in [2.24, 2.45) is 0 Å². The molecule has 0 saturated heterocycles. The molecule has 0 bridgehead atoms. The lowest BCUT2D eigenvalue weighted by Gasteiger charge is -2.10. The quantitative estimate of drug-likeness (QED) is 0.866. The van der Waals surface area contributed by atoms with Gasteiger partial charge in [0.1, 0.15) is 17.6 Å². The first-order chi connectivity index (χ1) is 7.11. The van der Waals surface area contributed by atoms with Crippen LogP contribution in [0.1, 0.15) is 24.4 Å². The SMILES string of the molecule is Cc1nn(C(C)c2ccco2)c(N)c1I. The average molecular weight is 317 g/mol. The minimum absolute atomic E-state index is 0.0298. The lowest BCUT2D eigenvalue weighted by molar-refractivity contribution is 0.427. The Labute approximate surface area is 102 Å². The van der Waals surface area contributed by atoms with Crippen LogP contribution in [0.4, 0.5) is 5.82 Å². The van der Waals surface area contributed by atoms with Crippen LogP contribution in [0.15, 0.2) is 22.8 Å². The van der Waals surface area contributed by atoms with Gasteiger partial charge in [-0.15, -0.1) is 0 Å². The number of halogens is 1. The summed E-state index contributed by atoms with van der Waals surface area (Å²) in [7, 11) is 0. The number of furan rings is 1. The van der Waals surface area contributed by atoms with E-state index in [-0.39, 0.29) is 6.04 Å². The van der Waals surface area contributed by atoms with Gasteiger partial charge in [0.15, 0.2) is 0 Å². The van der Waals surface area contributed by atoms with Gasteiger partial charge in [0.25, 0.3) is 0 Å². The Balaban J connectivity index is 2.42. The van der Waals surface area contributed by atoms with Crippen molar-refractivity contribution in [1.29, 1.82) is 0 Å². The fourth-order valence-electron chi connectivity index (χ4n) is 1.49. The molecule has 0 spiro atoms. The van der Waals surface area contributed by atoms with Crippen molar-refractivity contribution in [2.75, 3.05) is 5.73 Å². The molecular weight excluding hydrogens is 305 g/mol. The minimum Gasteiger partial charge on any atom is -0.467 e. The zero-order valence-corrected chi connectivity index (χ0v) is 10.7. The van der Waals surface area contributed by atoms with Gasteiger partial charge in [0, 0.05) is 0 Å². The number of aryl methyl sites for hydroxylation is 1. The molecule has 5 heteroatoms. The number of nitrogens with two attached hydrogens (primary N) is 1. The van der Waals surface area contributed by atoms with Crippen LogP contribution in [0.3, 0.4) is 0 Å². The maximum atomic E-state index is 5.96. The van der Waals surface area contributed by atoms with Gasteiger partial charge >= 0.3 is 0 Å². The van der Waals surface area contributed by atoms with Crippen LogP contribution in [-0.2, 0) is 0 Å². The van der Waals surface area contributed by atoms with Gasteiger partial charge in [-0.25, -0.2) is 4.68 Å². The Morgan fingerprint density at radius 1 is 1.60 bits per heavy atom. The number of nitrogens with zero attached hydrogens (tertiary/aromatic N) is 2. The summed E-state index contributed by atoms with van der Waals surface area (Å²) in [5, 5.41) is 4.39. The average Bonchev–Trinajstić information content (AvgIpc) is 2.82. The van der Waals surface area contributed by atoms with Crippen molar-refractivity contribution < 1.29 is 4.42 Å². The van der Waals surface area contributed by atoms with Gasteiger partial charge in [-0.1, -0.05) is 0 Å². The summed E-state index contributed by atoms with van der Waals surface area (Å²) in [5.41, 5.74) is 6.91. The smallest absolute Gasteiger partial charge is 0.136 e. The minimum atomic E-state index is 0.0298. The molecule has 0 aliphatic heterocycles. The molecule has 2 rings (SSSR count). The topological polar surface area (TPSA) is 57.0 Å². The number of hydrogen-bond donors (Lipinski definition) is 1. The Bertz CT molecular complexity index is 461. The molecule has 0 amide bonds. The number of anilines is 1. The van der Waals surface area contributed by atoms with Crippen molar-refractivity contribution in [1.82, 2.24) is 9.78 Å². The van der Waals surface area contributed by atoms with E-state index in [2.05, 4.69) is 27.7 Å². The highest BCUT2D eigenvalue weighted by Crippen LogP contribution is 2.25. The molecule has 15 heavy (non-hydrogen) atoms. The van der Waals surface area contributed by atoms with Gasteiger partial charge in [-0.05, 0) is 48.6 Å². The van der Waals surface area contributed by atoms with Crippen LogP contribution < -0.4 is 5.73 Å². The number of nitrogen functional groups attached to an aromatic ring is 1. The molecule has 0 saturated carbocycles. The van der Waals surface area contributed by atoms with Crippen LogP contribution in [-0.4, -0.2) is 9.78 Å². The highest BCUT2D eigenvalue weighted by atomic mass is 127. The molecule has 0 aliphatic rings. The molecule has 4 nitrogen and oxygen atoms in total. The summed E-state index contributed by atoms with van der Waals surface area (Å²) < 4.78 is 8.13. The molecule has 80 valence electrons. The third-order valence-corrected chi connectivity index (χ3v) is 3.70. The summed E-state index contributed by atoms with van der Waals surface area (Å²) in [6, 6.07) is 3.82. The Morgan fingerprint density at radius 2 is 2.33 bits per heavy atom. The molecule has 1 atom stereocenters. The number of hydrogen-bond acceptors (Lipinski definition) is 3. The van der Waals surface area contributed by atoms with Crippen LogP contribution >= 0.6 is 22.6 Å². The van der Waals surface area contributed by atoms with Crippen LogP contribution in [0.2, 0.25) is 0 Å². The normalized spacial score (nSPS) is 13.0. The lowest BCUT2D eigenvalue weighted by atomic mass is 10.2.